The molecule has 0 rings (SSSR count). The largest absolute Gasteiger partial charge is 2.00 e. The molecule has 34 valence electrons. The number of halogens is 4. The summed E-state index contributed by atoms with van der Waals surface area (Å²) < 4.78 is 0. The number of hydrogen-bond acceptors (Lipinski definition) is 0. The second-order valence-electron chi connectivity index (χ2n) is 0. The van der Waals surface area contributed by atoms with Crippen LogP contribution in [0.3, 0.4) is 0 Å². The molecule has 2 radical (unpaired) electrons. The van der Waals surface area contributed by atoms with Gasteiger partial charge in [-0.1, -0.05) is 0 Å². The molecule has 0 spiro atoms. The summed E-state index contributed by atoms with van der Waals surface area (Å²) in [7, 11) is 0. The summed E-state index contributed by atoms with van der Waals surface area (Å²) in [5.41, 5.74) is 0. The Hall–Kier alpha value is 4.72. The van der Waals surface area contributed by atoms with Gasteiger partial charge in [0.2, 0.25) is 0 Å². The van der Waals surface area contributed by atoms with Gasteiger partial charge in [0.1, 0.15) is 0 Å². The minimum Gasteiger partial charge on any atom is -1.00 e. The van der Waals surface area contributed by atoms with E-state index in [2.05, 4.69) is 0 Å². The minimum absolute atomic E-state index is 0. The maximum atomic E-state index is 0. The quantitative estimate of drug-likeness (QED) is 0.348. The van der Waals surface area contributed by atoms with Crippen molar-refractivity contribution in [2.75, 3.05) is 0 Å². The second kappa shape index (κ2) is 45.5. The molecule has 0 aliphatic carbocycles. The Balaban J connectivity index is 0. The van der Waals surface area contributed by atoms with Crippen molar-refractivity contribution < 1.29 is 131 Å². The van der Waals surface area contributed by atoms with Crippen molar-refractivity contribution in [3.05, 3.63) is 0 Å². The molecule has 0 aliphatic heterocycles. The minimum atomic E-state index is 0. The van der Waals surface area contributed by atoms with Crippen LogP contribution in [0, 0.1) is 0 Å². The number of hydrogen-bond donors (Lipinski definition) is 0. The molecule has 7 heavy (non-hydrogen) atoms. The molecular formula is Cl4KNaPb. The molecule has 0 N–H and O–H groups in total. The van der Waals surface area contributed by atoms with Crippen molar-refractivity contribution in [1.29, 1.82) is 0 Å². The van der Waals surface area contributed by atoms with E-state index in [9.17, 15) is 0 Å². The molecular weight excluding hydrogens is 411 g/mol. The van der Waals surface area contributed by atoms with E-state index in [0.717, 1.165) is 0 Å². The van der Waals surface area contributed by atoms with Crippen LogP contribution in [0.15, 0.2) is 0 Å². The zero-order valence-electron chi connectivity index (χ0n) is 4.01. The summed E-state index contributed by atoms with van der Waals surface area (Å²) in [6.07, 6.45) is 0. The third-order valence-corrected chi connectivity index (χ3v) is 0. The first kappa shape index (κ1) is 60.5. The van der Waals surface area contributed by atoms with Crippen LogP contribution in [0.25, 0.3) is 0 Å². The van der Waals surface area contributed by atoms with Crippen molar-refractivity contribution in [3.63, 3.8) is 0 Å². The molecule has 7 heteroatoms. The predicted octanol–water partition coefficient (Wildman–Crippen LogP) is -18.4. The van der Waals surface area contributed by atoms with E-state index >= 15 is 0 Å². The normalized spacial score (nSPS) is 0. The molecule has 0 nitrogen and oxygen atoms in total. The van der Waals surface area contributed by atoms with Crippen LogP contribution in [0.2, 0.25) is 0 Å². The van der Waals surface area contributed by atoms with E-state index in [1.807, 2.05) is 0 Å². The van der Waals surface area contributed by atoms with Crippen LogP contribution in [0.5, 0.6) is 0 Å². The predicted molar refractivity (Wildman–Crippen MR) is 5.75 cm³/mol. The first-order valence-corrected chi connectivity index (χ1v) is 0. The van der Waals surface area contributed by atoms with E-state index in [0.29, 0.717) is 0 Å². The van der Waals surface area contributed by atoms with Gasteiger partial charge in [-0.25, -0.2) is 0 Å². The van der Waals surface area contributed by atoms with Crippen molar-refractivity contribution in [2.45, 2.75) is 0 Å². The van der Waals surface area contributed by atoms with Gasteiger partial charge >= 0.3 is 108 Å². The molecule has 0 aliphatic rings. The van der Waals surface area contributed by atoms with Gasteiger partial charge in [-0.15, -0.1) is 0 Å². The topological polar surface area (TPSA) is 0 Å². The molecule has 0 saturated heterocycles. The average molecular weight is 411 g/mol. The van der Waals surface area contributed by atoms with Crippen LogP contribution in [0.4, 0.5) is 0 Å². The second-order valence-corrected chi connectivity index (χ2v) is 0. The fourth-order valence-corrected chi connectivity index (χ4v) is 0. The van der Waals surface area contributed by atoms with Crippen LogP contribution in [0.1, 0.15) is 0 Å². The van der Waals surface area contributed by atoms with Crippen molar-refractivity contribution in [2.24, 2.45) is 0 Å². The molecule has 0 heterocycles. The smallest absolute Gasteiger partial charge is 1.00 e. The maximum Gasteiger partial charge on any atom is 2.00 e. The fraction of sp³-hybridized carbons (Fsp3) is 0. The van der Waals surface area contributed by atoms with Crippen LogP contribution in [-0.4, -0.2) is 27.3 Å². The Morgan fingerprint density at radius 3 is 0.571 bits per heavy atom. The molecule has 0 atom stereocenters. The van der Waals surface area contributed by atoms with E-state index in [-0.39, 0.29) is 158 Å². The molecule has 0 aromatic heterocycles. The van der Waals surface area contributed by atoms with Gasteiger partial charge in [0, 0.05) is 0 Å². The third-order valence-electron chi connectivity index (χ3n) is 0. The Morgan fingerprint density at radius 1 is 0.571 bits per heavy atom. The molecule has 0 amide bonds. The average Bonchev–Trinajstić information content (AvgIpc) is 0. The van der Waals surface area contributed by atoms with E-state index < -0.39 is 0 Å². The third kappa shape index (κ3) is 36.6. The van der Waals surface area contributed by atoms with Crippen molar-refractivity contribution in [1.82, 2.24) is 0 Å². The van der Waals surface area contributed by atoms with Gasteiger partial charge in [-0.2, -0.15) is 0 Å². The van der Waals surface area contributed by atoms with Crippen LogP contribution < -0.4 is 131 Å². The molecule has 0 fully saturated rings. The summed E-state index contributed by atoms with van der Waals surface area (Å²) in [6, 6.07) is 0. The SMILES string of the molecule is [Cl-].[Cl-].[Cl-].[Cl-].[K+].[Na+].[Pb+2]. The summed E-state index contributed by atoms with van der Waals surface area (Å²) in [4.78, 5) is 0. The zero-order valence-corrected chi connectivity index (χ0v) is 16.0. The Kier molecular flexibility index (Phi) is 393. The van der Waals surface area contributed by atoms with Gasteiger partial charge in [0.15, 0.2) is 0 Å². The molecule has 0 saturated carbocycles. The summed E-state index contributed by atoms with van der Waals surface area (Å²) >= 11 is 0. The van der Waals surface area contributed by atoms with Gasteiger partial charge in [-0.05, 0) is 0 Å². The van der Waals surface area contributed by atoms with Gasteiger partial charge in [-0.3, -0.25) is 0 Å². The van der Waals surface area contributed by atoms with Crippen LogP contribution >= 0.6 is 0 Å². The number of rotatable bonds is 0. The molecule has 0 unspecified atom stereocenters. The molecule has 0 aromatic carbocycles. The Bertz CT molecular complexity index is 11.7. The monoisotopic (exact) mass is 410 g/mol. The zero-order chi connectivity index (χ0) is 0. The summed E-state index contributed by atoms with van der Waals surface area (Å²) in [6.45, 7) is 0. The van der Waals surface area contributed by atoms with Gasteiger partial charge in [0.25, 0.3) is 0 Å². The van der Waals surface area contributed by atoms with Gasteiger partial charge < -0.3 is 49.6 Å². The fourth-order valence-electron chi connectivity index (χ4n) is 0. The summed E-state index contributed by atoms with van der Waals surface area (Å²) in [5.74, 6) is 0. The molecule has 0 aromatic rings. The Labute approximate surface area is 154 Å². The van der Waals surface area contributed by atoms with Crippen molar-refractivity contribution >= 4 is 27.3 Å². The summed E-state index contributed by atoms with van der Waals surface area (Å²) in [5, 5.41) is 0. The van der Waals surface area contributed by atoms with Crippen molar-refractivity contribution in [3.8, 4) is 0 Å². The van der Waals surface area contributed by atoms with E-state index in [1.165, 1.54) is 0 Å². The molecule has 0 bridgehead atoms. The first-order chi connectivity index (χ1) is 0. The Morgan fingerprint density at radius 2 is 0.571 bits per heavy atom. The van der Waals surface area contributed by atoms with Crippen LogP contribution in [-0.2, 0) is 0 Å². The van der Waals surface area contributed by atoms with Gasteiger partial charge in [0.05, 0.1) is 0 Å². The van der Waals surface area contributed by atoms with E-state index in [4.69, 9.17) is 0 Å². The first-order valence-electron chi connectivity index (χ1n) is 0. The van der Waals surface area contributed by atoms with E-state index in [1.54, 1.807) is 0 Å². The standard InChI is InChI=1S/4ClH.K.Na.Pb/h4*1H;;;/q;;;;2*+1;+2/p-4. The maximum absolute atomic E-state index is 0.